The van der Waals surface area contributed by atoms with E-state index in [9.17, 15) is 4.79 Å². The van der Waals surface area contributed by atoms with E-state index in [2.05, 4.69) is 0 Å². The highest BCUT2D eigenvalue weighted by Crippen LogP contribution is 2.14. The lowest BCUT2D eigenvalue weighted by Gasteiger charge is -2.15. The van der Waals surface area contributed by atoms with Crippen LogP contribution in [-0.4, -0.2) is 37.7 Å². The number of methoxy groups -OCH3 is 1. The zero-order valence-corrected chi connectivity index (χ0v) is 11.4. The van der Waals surface area contributed by atoms with E-state index < -0.39 is 12.3 Å². The zero-order chi connectivity index (χ0) is 13.4. The molecule has 1 atom stereocenters. The number of rotatable bonds is 7. The van der Waals surface area contributed by atoms with E-state index in [0.29, 0.717) is 17.2 Å². The molecule has 0 saturated carbocycles. The Kier molecular flexibility index (Phi) is 6.86. The predicted molar refractivity (Wildman–Crippen MR) is 69.6 cm³/mol. The van der Waals surface area contributed by atoms with Gasteiger partial charge in [-0.15, -0.1) is 23.2 Å². The highest BCUT2D eigenvalue weighted by Gasteiger charge is 2.15. The fourth-order valence-electron chi connectivity index (χ4n) is 1.22. The van der Waals surface area contributed by atoms with Crippen molar-refractivity contribution in [3.8, 4) is 5.75 Å². The number of hydrogen-bond acceptors (Lipinski definition) is 4. The van der Waals surface area contributed by atoms with Crippen LogP contribution in [0.4, 0.5) is 0 Å². The summed E-state index contributed by atoms with van der Waals surface area (Å²) in [4.78, 5) is 11.8. The molecule has 0 aliphatic heterocycles. The molecule has 0 aliphatic carbocycles. The maximum Gasteiger partial charge on any atom is 0.340 e. The lowest BCUT2D eigenvalue weighted by atomic mass is 10.2. The molecule has 100 valence electrons. The first-order chi connectivity index (χ1) is 8.71. The molecule has 0 aliphatic rings. The maximum absolute atomic E-state index is 11.8. The van der Waals surface area contributed by atoms with E-state index in [-0.39, 0.29) is 12.5 Å². The largest absolute Gasteiger partial charge is 0.497 e. The third-order valence-corrected chi connectivity index (χ3v) is 2.46. The Morgan fingerprint density at radius 2 is 2.17 bits per heavy atom. The molecule has 0 heterocycles. The SMILES string of the molecule is COc1cccc(C(=O)O[C@H](CCl)OCCCl)c1. The van der Waals surface area contributed by atoms with Crippen molar-refractivity contribution in [2.75, 3.05) is 25.5 Å². The van der Waals surface area contributed by atoms with Crippen LogP contribution in [-0.2, 0) is 9.47 Å². The topological polar surface area (TPSA) is 44.8 Å². The monoisotopic (exact) mass is 292 g/mol. The minimum Gasteiger partial charge on any atom is -0.497 e. The summed E-state index contributed by atoms with van der Waals surface area (Å²) >= 11 is 11.1. The molecule has 4 nitrogen and oxygen atoms in total. The van der Waals surface area contributed by atoms with Gasteiger partial charge in [-0.3, -0.25) is 0 Å². The molecule has 1 aromatic rings. The van der Waals surface area contributed by atoms with E-state index in [4.69, 9.17) is 37.4 Å². The summed E-state index contributed by atoms with van der Waals surface area (Å²) in [6.45, 7) is 0.268. The Hall–Kier alpha value is -0.970. The van der Waals surface area contributed by atoms with Gasteiger partial charge in [0.1, 0.15) is 5.75 Å². The minimum absolute atomic E-state index is 0.0482. The van der Waals surface area contributed by atoms with Crippen LogP contribution < -0.4 is 4.74 Å². The molecular weight excluding hydrogens is 279 g/mol. The van der Waals surface area contributed by atoms with Crippen molar-refractivity contribution in [3.63, 3.8) is 0 Å². The first-order valence-electron chi connectivity index (χ1n) is 5.29. The van der Waals surface area contributed by atoms with Gasteiger partial charge < -0.3 is 14.2 Å². The van der Waals surface area contributed by atoms with Crippen molar-refractivity contribution in [2.45, 2.75) is 6.29 Å². The van der Waals surface area contributed by atoms with Crippen LogP contribution in [0.5, 0.6) is 5.75 Å². The normalized spacial score (nSPS) is 11.9. The number of benzene rings is 1. The minimum atomic E-state index is -0.802. The highest BCUT2D eigenvalue weighted by molar-refractivity contribution is 6.18. The molecule has 0 spiro atoms. The quantitative estimate of drug-likeness (QED) is 0.440. The van der Waals surface area contributed by atoms with E-state index in [1.54, 1.807) is 24.3 Å². The van der Waals surface area contributed by atoms with Crippen LogP contribution in [0.1, 0.15) is 10.4 Å². The molecular formula is C12H14Cl2O4. The number of esters is 1. The standard InChI is InChI=1S/C12H14Cl2O4/c1-16-10-4-2-3-9(7-10)12(15)18-11(8-14)17-6-5-13/h2-4,7,11H,5-6,8H2,1H3/t11-/m1/s1. The van der Waals surface area contributed by atoms with Crippen LogP contribution in [0, 0.1) is 0 Å². The van der Waals surface area contributed by atoms with Gasteiger partial charge in [0.15, 0.2) is 0 Å². The number of alkyl halides is 2. The zero-order valence-electron chi connectivity index (χ0n) is 9.90. The first-order valence-corrected chi connectivity index (χ1v) is 6.36. The van der Waals surface area contributed by atoms with Crippen LogP contribution in [0.3, 0.4) is 0 Å². The number of carbonyl (C=O) groups is 1. The second kappa shape index (κ2) is 8.19. The predicted octanol–water partition coefficient (Wildman–Crippen LogP) is 2.67. The number of hydrogen-bond donors (Lipinski definition) is 0. The van der Waals surface area contributed by atoms with Gasteiger partial charge in [-0.1, -0.05) is 6.07 Å². The van der Waals surface area contributed by atoms with Crippen molar-refractivity contribution >= 4 is 29.2 Å². The highest BCUT2D eigenvalue weighted by atomic mass is 35.5. The molecule has 18 heavy (non-hydrogen) atoms. The van der Waals surface area contributed by atoms with Gasteiger partial charge in [0.25, 0.3) is 0 Å². The van der Waals surface area contributed by atoms with Gasteiger partial charge in [0.2, 0.25) is 6.29 Å². The number of ether oxygens (including phenoxy) is 3. The molecule has 0 fully saturated rings. The summed E-state index contributed by atoms with van der Waals surface area (Å²) in [5, 5.41) is 0. The van der Waals surface area contributed by atoms with Gasteiger partial charge in [0, 0.05) is 5.88 Å². The van der Waals surface area contributed by atoms with Gasteiger partial charge in [0.05, 0.1) is 25.2 Å². The summed E-state index contributed by atoms with van der Waals surface area (Å²) in [5.41, 5.74) is 0.374. The fraction of sp³-hybridized carbons (Fsp3) is 0.417. The molecule has 0 amide bonds. The Bertz CT molecular complexity index is 384. The van der Waals surface area contributed by atoms with Crippen molar-refractivity contribution in [1.82, 2.24) is 0 Å². The Morgan fingerprint density at radius 1 is 1.39 bits per heavy atom. The van der Waals surface area contributed by atoms with Gasteiger partial charge in [-0.2, -0.15) is 0 Å². The lowest BCUT2D eigenvalue weighted by molar-refractivity contribution is -0.0913. The summed E-state index contributed by atoms with van der Waals surface area (Å²) in [5.74, 6) is 0.416. The molecule has 1 rings (SSSR count). The third-order valence-electron chi connectivity index (χ3n) is 2.05. The Morgan fingerprint density at radius 3 is 2.78 bits per heavy atom. The number of carbonyl (C=O) groups excluding carboxylic acids is 1. The van der Waals surface area contributed by atoms with E-state index >= 15 is 0 Å². The molecule has 1 aromatic carbocycles. The van der Waals surface area contributed by atoms with Crippen LogP contribution in [0.25, 0.3) is 0 Å². The molecule has 0 aromatic heterocycles. The van der Waals surface area contributed by atoms with Crippen molar-refractivity contribution in [3.05, 3.63) is 29.8 Å². The Labute approximate surface area is 116 Å². The van der Waals surface area contributed by atoms with Gasteiger partial charge in [-0.25, -0.2) is 4.79 Å². The maximum atomic E-state index is 11.8. The van der Waals surface area contributed by atoms with Gasteiger partial charge in [-0.05, 0) is 18.2 Å². The lowest BCUT2D eigenvalue weighted by Crippen LogP contribution is -2.24. The molecule has 6 heteroatoms. The molecule has 0 radical (unpaired) electrons. The molecule has 0 bridgehead atoms. The summed E-state index contributed by atoms with van der Waals surface area (Å²) in [6.07, 6.45) is -0.802. The van der Waals surface area contributed by atoms with Gasteiger partial charge >= 0.3 is 5.97 Å². The van der Waals surface area contributed by atoms with E-state index in [1.165, 1.54) is 7.11 Å². The molecule has 0 N–H and O–H groups in total. The van der Waals surface area contributed by atoms with Crippen LogP contribution in [0.2, 0.25) is 0 Å². The van der Waals surface area contributed by atoms with E-state index in [1.807, 2.05) is 0 Å². The number of halogens is 2. The first kappa shape index (κ1) is 15.1. The van der Waals surface area contributed by atoms with Crippen LogP contribution >= 0.6 is 23.2 Å². The second-order valence-electron chi connectivity index (χ2n) is 3.28. The average molecular weight is 293 g/mol. The third kappa shape index (κ3) is 4.72. The van der Waals surface area contributed by atoms with Crippen molar-refractivity contribution in [1.29, 1.82) is 0 Å². The summed E-state index contributed by atoms with van der Waals surface area (Å²) in [6, 6.07) is 6.64. The van der Waals surface area contributed by atoms with Crippen molar-refractivity contribution < 1.29 is 19.0 Å². The molecule has 0 saturated heterocycles. The smallest absolute Gasteiger partial charge is 0.340 e. The molecule has 0 unspecified atom stereocenters. The summed E-state index contributed by atoms with van der Waals surface area (Å²) < 4.78 is 15.2. The fourth-order valence-corrected chi connectivity index (χ4v) is 1.46. The average Bonchev–Trinajstić information content (AvgIpc) is 2.43. The Balaban J connectivity index is 2.62. The van der Waals surface area contributed by atoms with Crippen molar-refractivity contribution in [2.24, 2.45) is 0 Å². The summed E-state index contributed by atoms with van der Waals surface area (Å²) in [7, 11) is 1.52. The van der Waals surface area contributed by atoms with Crippen LogP contribution in [0.15, 0.2) is 24.3 Å². The van der Waals surface area contributed by atoms with E-state index in [0.717, 1.165) is 0 Å². The second-order valence-corrected chi connectivity index (χ2v) is 3.97.